The second kappa shape index (κ2) is 11.4. The zero-order chi connectivity index (χ0) is 34.2. The molecule has 8 aromatic carbocycles. The standard InChI is InChI=1S/C47H28N4S/c1-3-15-29(16-4-1)45-48-46(30-17-5-2-6-18-30)50-47(49-45)51-43-36(34-24-14-28-40-41(34)37-23-11-12-27-39(37)52-40)25-13-26-38(43)42-33-21-9-7-19-31(33)32-20-8-10-22-35(32)44(42)51/h1-28H. The summed E-state index contributed by atoms with van der Waals surface area (Å²) in [5.41, 5.74) is 6.37. The minimum absolute atomic E-state index is 0.586. The Balaban J connectivity index is 1.37. The van der Waals surface area contributed by atoms with Gasteiger partial charge in [-0.3, -0.25) is 4.57 Å². The number of fused-ring (bicyclic) bond motifs is 11. The van der Waals surface area contributed by atoms with Gasteiger partial charge in [0.05, 0.1) is 11.0 Å². The van der Waals surface area contributed by atoms with E-state index in [1.807, 2.05) is 47.7 Å². The van der Waals surface area contributed by atoms with E-state index in [2.05, 4.69) is 138 Å². The van der Waals surface area contributed by atoms with Gasteiger partial charge < -0.3 is 0 Å². The number of para-hydroxylation sites is 1. The molecule has 3 aromatic heterocycles. The maximum absolute atomic E-state index is 5.34. The summed E-state index contributed by atoms with van der Waals surface area (Å²) in [6.07, 6.45) is 0. The average molecular weight is 681 g/mol. The lowest BCUT2D eigenvalue weighted by atomic mass is 9.95. The van der Waals surface area contributed by atoms with Crippen molar-refractivity contribution < 1.29 is 0 Å². The molecule has 0 aliphatic heterocycles. The second-order valence-corrected chi connectivity index (χ2v) is 14.2. The maximum Gasteiger partial charge on any atom is 0.238 e. The summed E-state index contributed by atoms with van der Waals surface area (Å²) < 4.78 is 4.88. The fraction of sp³-hybridized carbons (Fsp3) is 0. The van der Waals surface area contributed by atoms with Gasteiger partial charge in [-0.05, 0) is 33.9 Å². The van der Waals surface area contributed by atoms with E-state index in [1.54, 1.807) is 0 Å². The smallest absolute Gasteiger partial charge is 0.238 e. The lowest BCUT2D eigenvalue weighted by molar-refractivity contribution is 0.955. The Morgan fingerprint density at radius 2 is 0.865 bits per heavy atom. The number of rotatable bonds is 4. The molecule has 0 aliphatic rings. The third-order valence-corrected chi connectivity index (χ3v) is 11.4. The molecule has 0 fully saturated rings. The van der Waals surface area contributed by atoms with E-state index in [4.69, 9.17) is 15.0 Å². The van der Waals surface area contributed by atoms with Crippen molar-refractivity contribution in [2.45, 2.75) is 0 Å². The number of hydrogen-bond donors (Lipinski definition) is 0. The van der Waals surface area contributed by atoms with Crippen LogP contribution >= 0.6 is 11.3 Å². The zero-order valence-electron chi connectivity index (χ0n) is 27.9. The molecule has 0 aliphatic carbocycles. The maximum atomic E-state index is 5.34. The minimum atomic E-state index is 0.586. The van der Waals surface area contributed by atoms with Gasteiger partial charge in [0.15, 0.2) is 11.6 Å². The Bertz CT molecular complexity index is 3120. The third kappa shape index (κ3) is 4.30. The molecule has 242 valence electrons. The van der Waals surface area contributed by atoms with Gasteiger partial charge in [0.25, 0.3) is 0 Å². The van der Waals surface area contributed by atoms with Crippen LogP contribution in [0.4, 0.5) is 0 Å². The summed E-state index contributed by atoms with van der Waals surface area (Å²) in [6, 6.07) is 60.1. The van der Waals surface area contributed by atoms with E-state index < -0.39 is 0 Å². The van der Waals surface area contributed by atoms with E-state index in [9.17, 15) is 0 Å². The van der Waals surface area contributed by atoms with Crippen molar-refractivity contribution in [3.05, 3.63) is 170 Å². The zero-order valence-corrected chi connectivity index (χ0v) is 28.7. The molecule has 4 nitrogen and oxygen atoms in total. The molecular formula is C47H28N4S. The molecule has 11 aromatic rings. The van der Waals surface area contributed by atoms with Crippen LogP contribution < -0.4 is 0 Å². The Hall–Kier alpha value is -6.69. The van der Waals surface area contributed by atoms with Crippen molar-refractivity contribution in [3.8, 4) is 39.9 Å². The van der Waals surface area contributed by atoms with Crippen molar-refractivity contribution in [2.75, 3.05) is 0 Å². The van der Waals surface area contributed by atoms with E-state index >= 15 is 0 Å². The van der Waals surface area contributed by atoms with Gasteiger partial charge in [0.2, 0.25) is 5.95 Å². The van der Waals surface area contributed by atoms with Crippen LogP contribution in [-0.2, 0) is 0 Å². The van der Waals surface area contributed by atoms with Gasteiger partial charge in [-0.25, -0.2) is 4.98 Å². The van der Waals surface area contributed by atoms with Crippen LogP contribution in [0, 0.1) is 0 Å². The summed E-state index contributed by atoms with van der Waals surface area (Å²) in [5.74, 6) is 1.85. The minimum Gasteiger partial charge on any atom is -0.277 e. The molecule has 0 bridgehead atoms. The lowest BCUT2D eigenvalue weighted by Crippen LogP contribution is -2.07. The van der Waals surface area contributed by atoms with Crippen LogP contribution in [0.25, 0.3) is 103 Å². The highest BCUT2D eigenvalue weighted by molar-refractivity contribution is 7.25. The SMILES string of the molecule is c1ccc(-c2nc(-c3ccccc3)nc(-n3c4c(-c5cccc6sc7ccccc7c56)cccc4c4c5ccccc5c5ccccc5c43)n2)cc1. The Morgan fingerprint density at radius 3 is 1.58 bits per heavy atom. The normalized spacial score (nSPS) is 11.8. The Labute approximate surface area is 302 Å². The number of aromatic nitrogens is 4. The molecular weight excluding hydrogens is 653 g/mol. The summed E-state index contributed by atoms with van der Waals surface area (Å²) in [6.45, 7) is 0. The van der Waals surface area contributed by atoms with E-state index in [1.165, 1.54) is 47.3 Å². The van der Waals surface area contributed by atoms with Gasteiger partial charge in [-0.15, -0.1) is 11.3 Å². The summed E-state index contributed by atoms with van der Waals surface area (Å²) >= 11 is 1.84. The summed E-state index contributed by atoms with van der Waals surface area (Å²) in [5, 5.41) is 9.68. The highest BCUT2D eigenvalue weighted by Crippen LogP contribution is 2.47. The van der Waals surface area contributed by atoms with Crippen molar-refractivity contribution in [1.29, 1.82) is 0 Å². The molecule has 0 saturated carbocycles. The van der Waals surface area contributed by atoms with Crippen molar-refractivity contribution in [3.63, 3.8) is 0 Å². The molecule has 5 heteroatoms. The molecule has 52 heavy (non-hydrogen) atoms. The fourth-order valence-electron chi connectivity index (χ4n) is 8.04. The van der Waals surface area contributed by atoms with Gasteiger partial charge in [-0.1, -0.05) is 158 Å². The summed E-state index contributed by atoms with van der Waals surface area (Å²) in [4.78, 5) is 15.7. The lowest BCUT2D eigenvalue weighted by Gasteiger charge is -2.14. The van der Waals surface area contributed by atoms with Gasteiger partial charge >= 0.3 is 0 Å². The number of thiophene rings is 1. The largest absolute Gasteiger partial charge is 0.277 e. The quantitative estimate of drug-likeness (QED) is 0.174. The first-order chi connectivity index (χ1) is 25.8. The first-order valence-electron chi connectivity index (χ1n) is 17.5. The molecule has 3 heterocycles. The molecule has 0 amide bonds. The van der Waals surface area contributed by atoms with Crippen LogP contribution in [0.2, 0.25) is 0 Å². The first-order valence-corrected chi connectivity index (χ1v) is 18.3. The molecule has 0 saturated heterocycles. The van der Waals surface area contributed by atoms with E-state index in [0.29, 0.717) is 17.6 Å². The monoisotopic (exact) mass is 680 g/mol. The van der Waals surface area contributed by atoms with Crippen LogP contribution in [0.5, 0.6) is 0 Å². The predicted molar refractivity (Wildman–Crippen MR) is 218 cm³/mol. The second-order valence-electron chi connectivity index (χ2n) is 13.1. The molecule has 0 unspecified atom stereocenters. The number of benzene rings is 8. The van der Waals surface area contributed by atoms with Crippen molar-refractivity contribution in [1.82, 2.24) is 19.5 Å². The number of nitrogens with zero attached hydrogens (tertiary/aromatic N) is 4. The third-order valence-electron chi connectivity index (χ3n) is 10.2. The fourth-order valence-corrected chi connectivity index (χ4v) is 9.17. The molecule has 0 atom stereocenters. The first kappa shape index (κ1) is 29.1. The number of hydrogen-bond acceptors (Lipinski definition) is 4. The van der Waals surface area contributed by atoms with Crippen molar-refractivity contribution in [2.24, 2.45) is 0 Å². The van der Waals surface area contributed by atoms with Gasteiger partial charge in [0.1, 0.15) is 0 Å². The van der Waals surface area contributed by atoms with Crippen LogP contribution in [0.1, 0.15) is 0 Å². The van der Waals surface area contributed by atoms with Crippen LogP contribution in [0.3, 0.4) is 0 Å². The molecule has 11 rings (SSSR count). The molecule has 0 spiro atoms. The highest BCUT2D eigenvalue weighted by Gasteiger charge is 2.25. The molecule has 0 radical (unpaired) electrons. The van der Waals surface area contributed by atoms with Crippen LogP contribution in [0.15, 0.2) is 170 Å². The Kier molecular flexibility index (Phi) is 6.39. The highest BCUT2D eigenvalue weighted by atomic mass is 32.1. The van der Waals surface area contributed by atoms with E-state index in [0.717, 1.165) is 38.5 Å². The van der Waals surface area contributed by atoms with Crippen LogP contribution in [-0.4, -0.2) is 19.5 Å². The van der Waals surface area contributed by atoms with E-state index in [-0.39, 0.29) is 0 Å². The van der Waals surface area contributed by atoms with Crippen molar-refractivity contribution >= 4 is 74.9 Å². The predicted octanol–water partition coefficient (Wildman–Crippen LogP) is 12.6. The van der Waals surface area contributed by atoms with Gasteiger partial charge in [-0.2, -0.15) is 9.97 Å². The topological polar surface area (TPSA) is 43.6 Å². The average Bonchev–Trinajstić information content (AvgIpc) is 3.78. The Morgan fingerprint density at radius 1 is 0.346 bits per heavy atom. The summed E-state index contributed by atoms with van der Waals surface area (Å²) in [7, 11) is 0. The molecule has 0 N–H and O–H groups in total. The van der Waals surface area contributed by atoms with Gasteiger partial charge in [0, 0.05) is 53.0 Å².